The van der Waals surface area contributed by atoms with Crippen molar-refractivity contribution in [2.24, 2.45) is 7.05 Å². The van der Waals surface area contributed by atoms with Gasteiger partial charge >= 0.3 is 0 Å². The van der Waals surface area contributed by atoms with Crippen LogP contribution in [0.4, 0.5) is 0 Å². The number of Topliss-reactive ketones (excluding diaryl/α,β-unsaturated/α-hetero) is 1. The Balaban J connectivity index is 2.13. The maximum atomic E-state index is 12.4. The third-order valence-corrected chi connectivity index (χ3v) is 4.35. The number of allylic oxidation sites excluding steroid dienone is 1. The van der Waals surface area contributed by atoms with Gasteiger partial charge in [-0.1, -0.05) is 18.2 Å². The Bertz CT molecular complexity index is 918. The van der Waals surface area contributed by atoms with Crippen LogP contribution in [0.15, 0.2) is 59.6 Å². The van der Waals surface area contributed by atoms with Crippen LogP contribution >= 0.6 is 11.3 Å². The number of thiophene rings is 1. The number of benzene rings is 1. The van der Waals surface area contributed by atoms with Gasteiger partial charge in [0.2, 0.25) is 11.3 Å². The minimum atomic E-state index is -0.227. The van der Waals surface area contributed by atoms with Crippen molar-refractivity contribution in [1.29, 1.82) is 5.26 Å². The summed E-state index contributed by atoms with van der Waals surface area (Å²) in [7, 11) is 1.97. The lowest BCUT2D eigenvalue weighted by atomic mass is 10.0. The number of nitriles is 1. The maximum absolute atomic E-state index is 12.4. The monoisotopic (exact) mass is 305 g/mol. The molecule has 0 spiro atoms. The smallest absolute Gasteiger partial charge is 0.213 e. The van der Waals surface area contributed by atoms with Crippen LogP contribution in [-0.4, -0.2) is 5.78 Å². The fraction of sp³-hybridized carbons (Fsp3) is 0.0556. The van der Waals surface area contributed by atoms with E-state index in [0.29, 0.717) is 4.88 Å². The highest BCUT2D eigenvalue weighted by atomic mass is 32.1. The molecule has 0 aliphatic rings. The van der Waals surface area contributed by atoms with Gasteiger partial charge in [0.25, 0.3) is 0 Å². The average molecular weight is 305 g/mol. The Morgan fingerprint density at radius 1 is 1.23 bits per heavy atom. The van der Waals surface area contributed by atoms with Crippen LogP contribution < -0.4 is 4.57 Å². The highest BCUT2D eigenvalue weighted by Gasteiger charge is 2.15. The first-order chi connectivity index (χ1) is 10.7. The molecule has 3 aromatic rings. The molecule has 3 nitrogen and oxygen atoms in total. The second-order valence-electron chi connectivity index (χ2n) is 4.88. The molecule has 4 heteroatoms. The molecule has 0 radical (unpaired) electrons. The lowest BCUT2D eigenvalue weighted by molar-refractivity contribution is -0.644. The van der Waals surface area contributed by atoms with Gasteiger partial charge in [-0.25, -0.2) is 4.57 Å². The number of carbonyl (C=O) groups is 1. The Hall–Kier alpha value is -2.77. The van der Waals surface area contributed by atoms with Crippen molar-refractivity contribution < 1.29 is 9.36 Å². The van der Waals surface area contributed by atoms with Crippen LogP contribution in [0.5, 0.6) is 0 Å². The molecule has 3 rings (SSSR count). The number of para-hydroxylation sites is 1. The van der Waals surface area contributed by atoms with Gasteiger partial charge in [-0.3, -0.25) is 4.79 Å². The second-order valence-corrected chi connectivity index (χ2v) is 5.82. The number of fused-ring (bicyclic) bond motifs is 1. The molecule has 0 bridgehead atoms. The summed E-state index contributed by atoms with van der Waals surface area (Å²) in [4.78, 5) is 12.9. The fourth-order valence-electron chi connectivity index (χ4n) is 2.36. The van der Waals surface area contributed by atoms with Gasteiger partial charge in [0.05, 0.1) is 10.3 Å². The molecule has 0 fully saturated rings. The number of aromatic nitrogens is 1. The van der Waals surface area contributed by atoms with Gasteiger partial charge in [-0.05, 0) is 29.2 Å². The molecule has 0 N–H and O–H groups in total. The first kappa shape index (κ1) is 14.2. The van der Waals surface area contributed by atoms with Crippen molar-refractivity contribution in [2.45, 2.75) is 0 Å². The molecule has 0 atom stereocenters. The molecular weight excluding hydrogens is 292 g/mol. The Labute approximate surface area is 132 Å². The van der Waals surface area contributed by atoms with Gasteiger partial charge in [-0.2, -0.15) is 5.26 Å². The van der Waals surface area contributed by atoms with Crippen LogP contribution in [0.3, 0.4) is 0 Å². The number of pyridine rings is 1. The van der Waals surface area contributed by atoms with Gasteiger partial charge in [-0.15, -0.1) is 11.3 Å². The highest BCUT2D eigenvalue weighted by molar-refractivity contribution is 7.12. The third kappa shape index (κ3) is 2.54. The van der Waals surface area contributed by atoms with Gasteiger partial charge in [0, 0.05) is 12.1 Å². The number of aryl methyl sites for hydroxylation is 1. The molecule has 1 aromatic carbocycles. The molecular formula is C18H13N2OS+. The average Bonchev–Trinajstić information content (AvgIpc) is 3.08. The third-order valence-electron chi connectivity index (χ3n) is 3.48. The van der Waals surface area contributed by atoms with Gasteiger partial charge < -0.3 is 0 Å². The van der Waals surface area contributed by atoms with Crippen LogP contribution in [0.25, 0.3) is 17.0 Å². The summed E-state index contributed by atoms with van der Waals surface area (Å²) in [6, 6.07) is 15.4. The first-order valence-corrected chi connectivity index (χ1v) is 7.66. The van der Waals surface area contributed by atoms with E-state index in [2.05, 4.69) is 0 Å². The molecule has 0 unspecified atom stereocenters. The number of nitrogens with zero attached hydrogens (tertiary/aromatic N) is 2. The van der Waals surface area contributed by atoms with Crippen molar-refractivity contribution in [3.05, 3.63) is 70.1 Å². The number of hydrogen-bond acceptors (Lipinski definition) is 3. The standard InChI is InChI=1S/C18H13N2OS/c1-20-9-8-13(15-5-2-3-6-16(15)20)11-14(12-19)18(21)17-7-4-10-22-17/h2-11H,1H3/q+1/b14-11+. The van der Waals surface area contributed by atoms with Gasteiger partial charge in [0.15, 0.2) is 6.20 Å². The Kier molecular flexibility index (Phi) is 3.82. The number of rotatable bonds is 3. The van der Waals surface area contributed by atoms with Crippen molar-refractivity contribution >= 4 is 34.1 Å². The van der Waals surface area contributed by atoms with E-state index in [4.69, 9.17) is 0 Å². The summed E-state index contributed by atoms with van der Waals surface area (Å²) in [5.74, 6) is -0.227. The predicted molar refractivity (Wildman–Crippen MR) is 87.4 cm³/mol. The van der Waals surface area contributed by atoms with E-state index in [-0.39, 0.29) is 11.4 Å². The summed E-state index contributed by atoms with van der Waals surface area (Å²) in [6.07, 6.45) is 3.60. The van der Waals surface area contributed by atoms with Crippen LogP contribution in [0.2, 0.25) is 0 Å². The van der Waals surface area contributed by atoms with Crippen molar-refractivity contribution in [1.82, 2.24) is 0 Å². The van der Waals surface area contributed by atoms with E-state index >= 15 is 0 Å². The largest absolute Gasteiger partial charge is 0.287 e. The highest BCUT2D eigenvalue weighted by Crippen LogP contribution is 2.20. The first-order valence-electron chi connectivity index (χ1n) is 6.78. The lowest BCUT2D eigenvalue weighted by Crippen LogP contribution is -2.28. The molecule has 0 saturated heterocycles. The minimum Gasteiger partial charge on any atom is -0.287 e. The van der Waals surface area contributed by atoms with E-state index in [1.807, 2.05) is 65.7 Å². The summed E-state index contributed by atoms with van der Waals surface area (Å²) < 4.78 is 2.01. The van der Waals surface area contributed by atoms with E-state index in [1.54, 1.807) is 12.1 Å². The topological polar surface area (TPSA) is 44.7 Å². The van der Waals surface area contributed by atoms with Crippen LogP contribution in [-0.2, 0) is 7.05 Å². The quantitative estimate of drug-likeness (QED) is 0.322. The zero-order valence-corrected chi connectivity index (χ0v) is 12.8. The normalized spacial score (nSPS) is 11.4. The molecule has 2 aromatic heterocycles. The van der Waals surface area contributed by atoms with Crippen molar-refractivity contribution in [2.75, 3.05) is 0 Å². The molecule has 0 saturated carbocycles. The lowest BCUT2D eigenvalue weighted by Gasteiger charge is -2.02. The number of hydrogen-bond donors (Lipinski definition) is 0. The second kappa shape index (κ2) is 5.92. The number of carbonyl (C=O) groups excluding carboxylic acids is 1. The van der Waals surface area contributed by atoms with Crippen molar-refractivity contribution in [3.63, 3.8) is 0 Å². The fourth-order valence-corrected chi connectivity index (χ4v) is 3.04. The SMILES string of the molecule is C[n+]1ccc(/C=C(\C#N)C(=O)c2cccs2)c2ccccc21. The summed E-state index contributed by atoms with van der Waals surface area (Å²) in [6.45, 7) is 0. The zero-order chi connectivity index (χ0) is 15.5. The van der Waals surface area contributed by atoms with Gasteiger partial charge in [0.1, 0.15) is 18.7 Å². The predicted octanol–water partition coefficient (Wildman–Crippen LogP) is 3.52. The summed E-state index contributed by atoms with van der Waals surface area (Å²) in [5, 5.41) is 12.2. The molecule has 22 heavy (non-hydrogen) atoms. The minimum absolute atomic E-state index is 0.154. The molecule has 0 aliphatic heterocycles. The maximum Gasteiger partial charge on any atom is 0.213 e. The molecule has 2 heterocycles. The summed E-state index contributed by atoms with van der Waals surface area (Å²) in [5.41, 5.74) is 2.08. The van der Waals surface area contributed by atoms with Crippen LogP contribution in [0.1, 0.15) is 15.2 Å². The van der Waals surface area contributed by atoms with Crippen LogP contribution in [0, 0.1) is 11.3 Å². The summed E-state index contributed by atoms with van der Waals surface area (Å²) >= 11 is 1.35. The zero-order valence-electron chi connectivity index (χ0n) is 12.0. The molecule has 0 aliphatic carbocycles. The molecule has 106 valence electrons. The van der Waals surface area contributed by atoms with E-state index < -0.39 is 0 Å². The Morgan fingerprint density at radius 3 is 2.77 bits per heavy atom. The molecule has 0 amide bonds. The number of ketones is 1. The Morgan fingerprint density at radius 2 is 2.05 bits per heavy atom. The van der Waals surface area contributed by atoms with E-state index in [0.717, 1.165) is 16.5 Å². The van der Waals surface area contributed by atoms with Crippen molar-refractivity contribution in [3.8, 4) is 6.07 Å². The van der Waals surface area contributed by atoms with E-state index in [1.165, 1.54) is 11.3 Å². The van der Waals surface area contributed by atoms with E-state index in [9.17, 15) is 10.1 Å².